The molecule has 0 radical (unpaired) electrons. The van der Waals surface area contributed by atoms with E-state index in [-0.39, 0.29) is 12.0 Å². The van der Waals surface area contributed by atoms with Gasteiger partial charge in [-0.25, -0.2) is 0 Å². The van der Waals surface area contributed by atoms with Gasteiger partial charge in [0.15, 0.2) is 0 Å². The third-order valence-electron chi connectivity index (χ3n) is 4.92. The summed E-state index contributed by atoms with van der Waals surface area (Å²) in [6.45, 7) is 4.02. The molecule has 0 aliphatic carbocycles. The minimum Gasteiger partial charge on any atom is -0.391 e. The van der Waals surface area contributed by atoms with Gasteiger partial charge in [-0.3, -0.25) is 15.0 Å². The molecule has 0 bridgehead atoms. The number of β-amino-alcohol motifs (C(OH)–C–C–N with tert-alkyl or cyclic N) is 1. The lowest BCUT2D eigenvalue weighted by Gasteiger charge is -2.14. The fraction of sp³-hybridized carbons (Fsp3) is 0.368. The number of halogens is 1. The van der Waals surface area contributed by atoms with Crippen LogP contribution in [0.4, 0.5) is 0 Å². The van der Waals surface area contributed by atoms with Gasteiger partial charge in [-0.05, 0) is 25.5 Å². The lowest BCUT2D eigenvalue weighted by Crippen LogP contribution is -2.21. The maximum absolute atomic E-state index is 10.5. The molecular weight excluding hydrogens is 336 g/mol. The molecule has 2 aromatic heterocycles. The average Bonchev–Trinajstić information content (AvgIpc) is 3.11. The van der Waals surface area contributed by atoms with E-state index in [0.29, 0.717) is 18.1 Å². The molecule has 3 aromatic rings. The van der Waals surface area contributed by atoms with E-state index >= 15 is 0 Å². The molecule has 0 amide bonds. The van der Waals surface area contributed by atoms with Gasteiger partial charge in [0.2, 0.25) is 0 Å². The Bertz CT molecular complexity index is 894. The number of rotatable bonds is 4. The first-order valence-electron chi connectivity index (χ1n) is 8.54. The number of hydrogen-bond acceptors (Lipinski definition) is 4. The van der Waals surface area contributed by atoms with Crippen LogP contribution in [-0.4, -0.2) is 44.4 Å². The SMILES string of the molecule is Cc1[nH]nc(CN2C[C@@H](Cc3ccc4ccccc4n3)[C@H](O)C2)c1Cl. The first-order chi connectivity index (χ1) is 12.1. The lowest BCUT2D eigenvalue weighted by atomic mass is 9.99. The zero-order valence-electron chi connectivity index (χ0n) is 14.1. The quantitative estimate of drug-likeness (QED) is 0.754. The molecule has 2 atom stereocenters. The Kier molecular flexibility index (Phi) is 4.46. The van der Waals surface area contributed by atoms with Gasteiger partial charge >= 0.3 is 0 Å². The first-order valence-corrected chi connectivity index (χ1v) is 8.92. The average molecular weight is 357 g/mol. The summed E-state index contributed by atoms with van der Waals surface area (Å²) >= 11 is 6.25. The third kappa shape index (κ3) is 3.40. The standard InChI is InChI=1S/C19H21ClN4O/c1-12-19(20)17(23-22-12)10-24-9-14(18(25)11-24)8-15-7-6-13-4-2-3-5-16(13)21-15/h2-7,14,18,25H,8-11H2,1H3,(H,22,23)/t14-,18-/m1/s1. The maximum Gasteiger partial charge on any atom is 0.0951 e. The lowest BCUT2D eigenvalue weighted by molar-refractivity contribution is 0.140. The number of benzene rings is 1. The second kappa shape index (κ2) is 6.75. The number of nitrogens with one attached hydrogen (secondary N) is 1. The summed E-state index contributed by atoms with van der Waals surface area (Å²) in [7, 11) is 0. The monoisotopic (exact) mass is 356 g/mol. The van der Waals surface area contributed by atoms with Gasteiger partial charge in [-0.1, -0.05) is 35.9 Å². The zero-order chi connectivity index (χ0) is 17.4. The summed E-state index contributed by atoms with van der Waals surface area (Å²) in [4.78, 5) is 6.94. The van der Waals surface area contributed by atoms with Gasteiger partial charge in [0, 0.05) is 36.6 Å². The van der Waals surface area contributed by atoms with Crippen LogP contribution in [0.2, 0.25) is 5.02 Å². The number of fused-ring (bicyclic) bond motifs is 1. The first kappa shape index (κ1) is 16.5. The second-order valence-corrected chi connectivity index (χ2v) is 7.21. The Morgan fingerprint density at radius 1 is 1.24 bits per heavy atom. The Balaban J connectivity index is 1.44. The van der Waals surface area contributed by atoms with Crippen molar-refractivity contribution < 1.29 is 5.11 Å². The highest BCUT2D eigenvalue weighted by Crippen LogP contribution is 2.25. The van der Waals surface area contributed by atoms with Crippen LogP contribution in [0.3, 0.4) is 0 Å². The van der Waals surface area contributed by atoms with E-state index in [0.717, 1.165) is 41.0 Å². The van der Waals surface area contributed by atoms with Crippen LogP contribution in [0, 0.1) is 12.8 Å². The van der Waals surface area contributed by atoms with Gasteiger partial charge in [0.05, 0.1) is 28.0 Å². The molecule has 1 saturated heterocycles. The summed E-state index contributed by atoms with van der Waals surface area (Å²) in [6.07, 6.45) is 0.419. The van der Waals surface area contributed by atoms with Crippen molar-refractivity contribution in [2.24, 2.45) is 5.92 Å². The number of pyridine rings is 1. The summed E-state index contributed by atoms with van der Waals surface area (Å²) in [6, 6.07) is 12.3. The van der Waals surface area contributed by atoms with E-state index < -0.39 is 0 Å². The maximum atomic E-state index is 10.5. The minimum absolute atomic E-state index is 0.174. The molecular formula is C19H21ClN4O. The van der Waals surface area contributed by atoms with Gasteiger partial charge < -0.3 is 5.11 Å². The summed E-state index contributed by atoms with van der Waals surface area (Å²) in [5.74, 6) is 0.174. The fourth-order valence-electron chi connectivity index (χ4n) is 3.54. The highest BCUT2D eigenvalue weighted by atomic mass is 35.5. The van der Waals surface area contributed by atoms with Gasteiger partial charge in [-0.2, -0.15) is 5.10 Å². The van der Waals surface area contributed by atoms with Crippen LogP contribution in [0.15, 0.2) is 36.4 Å². The Labute approximate surface area is 151 Å². The molecule has 1 aromatic carbocycles. The van der Waals surface area contributed by atoms with Crippen molar-refractivity contribution in [2.45, 2.75) is 26.0 Å². The highest BCUT2D eigenvalue weighted by Gasteiger charge is 2.32. The van der Waals surface area contributed by atoms with Crippen LogP contribution in [0.1, 0.15) is 17.1 Å². The predicted octanol–water partition coefficient (Wildman–Crippen LogP) is 2.96. The van der Waals surface area contributed by atoms with Crippen molar-refractivity contribution in [1.29, 1.82) is 0 Å². The van der Waals surface area contributed by atoms with Crippen LogP contribution >= 0.6 is 11.6 Å². The molecule has 0 unspecified atom stereocenters. The van der Waals surface area contributed by atoms with Crippen molar-refractivity contribution >= 4 is 22.5 Å². The van der Waals surface area contributed by atoms with Crippen LogP contribution in [-0.2, 0) is 13.0 Å². The Morgan fingerprint density at radius 3 is 2.88 bits per heavy atom. The number of likely N-dealkylation sites (tertiary alicyclic amines) is 1. The van der Waals surface area contributed by atoms with Crippen molar-refractivity contribution in [1.82, 2.24) is 20.1 Å². The Morgan fingerprint density at radius 2 is 2.08 bits per heavy atom. The van der Waals surface area contributed by atoms with Crippen molar-refractivity contribution in [2.75, 3.05) is 13.1 Å². The third-order valence-corrected chi connectivity index (χ3v) is 5.43. The van der Waals surface area contributed by atoms with E-state index in [1.807, 2.05) is 25.1 Å². The largest absolute Gasteiger partial charge is 0.391 e. The van der Waals surface area contributed by atoms with Crippen LogP contribution in [0.5, 0.6) is 0 Å². The van der Waals surface area contributed by atoms with Crippen molar-refractivity contribution in [3.63, 3.8) is 0 Å². The highest BCUT2D eigenvalue weighted by molar-refractivity contribution is 6.31. The number of nitrogens with zero attached hydrogens (tertiary/aromatic N) is 3. The molecule has 1 fully saturated rings. The molecule has 25 heavy (non-hydrogen) atoms. The summed E-state index contributed by atoms with van der Waals surface area (Å²) in [5.41, 5.74) is 3.76. The molecule has 3 heterocycles. The molecule has 6 heteroatoms. The van der Waals surface area contributed by atoms with Gasteiger partial charge in [0.25, 0.3) is 0 Å². The van der Waals surface area contributed by atoms with Crippen molar-refractivity contribution in [3.8, 4) is 0 Å². The van der Waals surface area contributed by atoms with E-state index in [2.05, 4.69) is 33.3 Å². The molecule has 1 aliphatic rings. The number of aliphatic hydroxyl groups excluding tert-OH is 1. The van der Waals surface area contributed by atoms with E-state index in [1.54, 1.807) is 0 Å². The molecule has 0 spiro atoms. The molecule has 130 valence electrons. The number of hydrogen-bond donors (Lipinski definition) is 2. The van der Waals surface area contributed by atoms with Crippen LogP contribution < -0.4 is 0 Å². The normalized spacial score (nSPS) is 21.2. The Hall–Kier alpha value is -1.95. The van der Waals surface area contributed by atoms with Gasteiger partial charge in [0.1, 0.15) is 0 Å². The number of para-hydroxylation sites is 1. The summed E-state index contributed by atoms with van der Waals surface area (Å²) < 4.78 is 0. The van der Waals surface area contributed by atoms with E-state index in [1.165, 1.54) is 0 Å². The molecule has 5 nitrogen and oxygen atoms in total. The number of aliphatic hydroxyl groups is 1. The molecule has 2 N–H and O–H groups in total. The summed E-state index contributed by atoms with van der Waals surface area (Å²) in [5, 5.41) is 19.5. The van der Waals surface area contributed by atoms with Crippen LogP contribution in [0.25, 0.3) is 10.9 Å². The second-order valence-electron chi connectivity index (χ2n) is 6.83. The van der Waals surface area contributed by atoms with E-state index in [4.69, 9.17) is 16.6 Å². The zero-order valence-corrected chi connectivity index (χ0v) is 14.9. The number of aromatic amines is 1. The van der Waals surface area contributed by atoms with Crippen molar-refractivity contribution in [3.05, 3.63) is 58.5 Å². The molecule has 4 rings (SSSR count). The smallest absolute Gasteiger partial charge is 0.0951 e. The topological polar surface area (TPSA) is 65.0 Å². The molecule has 0 saturated carbocycles. The fourth-order valence-corrected chi connectivity index (χ4v) is 3.69. The number of H-pyrrole nitrogens is 1. The number of aromatic nitrogens is 3. The predicted molar refractivity (Wildman–Crippen MR) is 98.6 cm³/mol. The minimum atomic E-state index is -0.355. The van der Waals surface area contributed by atoms with Gasteiger partial charge in [-0.15, -0.1) is 0 Å². The number of aryl methyl sites for hydroxylation is 1. The molecule has 1 aliphatic heterocycles. The van der Waals surface area contributed by atoms with E-state index in [9.17, 15) is 5.11 Å².